The molecule has 12 rings (SSSR count). The van der Waals surface area contributed by atoms with Crippen LogP contribution >= 0.6 is 0 Å². The van der Waals surface area contributed by atoms with Gasteiger partial charge in [-0.1, -0.05) is 83.9 Å². The van der Waals surface area contributed by atoms with E-state index in [4.69, 9.17) is 132 Å². The maximum atomic E-state index is 7.49. The first-order chi connectivity index (χ1) is 61.1. The van der Waals surface area contributed by atoms with Gasteiger partial charge in [0.2, 0.25) is 0 Å². The monoisotopic (exact) mass is 1710 g/mol. The third-order valence-electron chi connectivity index (χ3n) is 19.4. The number of hydrogen-bond donors (Lipinski definition) is 16. The number of ether oxygens (including phenoxy) is 9. The highest BCUT2D eigenvalue weighted by molar-refractivity contribution is 5.98. The topological polar surface area (TPSA) is 482 Å². The summed E-state index contributed by atoms with van der Waals surface area (Å²) in [6.45, 7) is 14.8. The van der Waals surface area contributed by atoms with E-state index >= 15 is 0 Å². The summed E-state index contributed by atoms with van der Waals surface area (Å²) in [4.78, 5) is 0. The lowest BCUT2D eigenvalue weighted by Crippen LogP contribution is -2.10. The molecule has 0 amide bonds. The van der Waals surface area contributed by atoms with E-state index in [1.807, 2.05) is 91.0 Å². The van der Waals surface area contributed by atoms with Gasteiger partial charge in [-0.3, -0.25) is 43.3 Å². The molecule has 12 aromatic carbocycles. The third kappa shape index (κ3) is 32.7. The molecular formula is C102H116N16O9. The molecule has 12 aromatic rings. The highest BCUT2D eigenvalue weighted by Gasteiger charge is 2.14. The molecule has 0 aromatic heterocycles. The number of aryl methyl sites for hydroxylation is 2. The molecule has 24 N–H and O–H groups in total. The fraction of sp³-hybridized carbons (Fsp3) is 0.216. The van der Waals surface area contributed by atoms with Crippen molar-refractivity contribution in [1.82, 2.24) is 0 Å². The second kappa shape index (κ2) is 49.0. The molecule has 0 atom stereocenters. The third-order valence-corrected chi connectivity index (χ3v) is 19.4. The lowest BCUT2D eigenvalue weighted by Gasteiger charge is -2.14. The fourth-order valence-corrected chi connectivity index (χ4v) is 12.9. The fourth-order valence-electron chi connectivity index (χ4n) is 12.9. The van der Waals surface area contributed by atoms with Gasteiger partial charge in [-0.25, -0.2) is 0 Å². The van der Waals surface area contributed by atoms with Gasteiger partial charge in [-0.2, -0.15) is 0 Å². The second-order valence-electron chi connectivity index (χ2n) is 30.6. The molecule has 25 heteroatoms. The Hall–Kier alpha value is -15.4. The van der Waals surface area contributed by atoms with E-state index in [-0.39, 0.29) is 46.7 Å². The average molecular weight is 1710 g/mol. The Balaban J connectivity index is 0.000000191. The molecule has 0 saturated carbocycles. The molecule has 25 nitrogen and oxygen atoms in total. The van der Waals surface area contributed by atoms with Gasteiger partial charge in [0.25, 0.3) is 0 Å². The van der Waals surface area contributed by atoms with Gasteiger partial charge in [0.05, 0.1) is 6.61 Å². The van der Waals surface area contributed by atoms with Crippen molar-refractivity contribution in [2.45, 2.75) is 132 Å². The number of unbranched alkanes of at least 4 members (excludes halogenated alkanes) is 1. The predicted molar refractivity (Wildman–Crippen MR) is 507 cm³/mol. The molecule has 127 heavy (non-hydrogen) atoms. The van der Waals surface area contributed by atoms with Crippen molar-refractivity contribution in [2.24, 2.45) is 51.8 Å². The number of nitrogens with one attached hydrogen (secondary N) is 8. The summed E-state index contributed by atoms with van der Waals surface area (Å²) in [5.74, 6) is 7.38. The summed E-state index contributed by atoms with van der Waals surface area (Å²) in [5, 5.41) is 59.8. The summed E-state index contributed by atoms with van der Waals surface area (Å²) in [5.41, 5.74) is 61.5. The average Bonchev–Trinajstić information content (AvgIpc) is 0.859. The summed E-state index contributed by atoms with van der Waals surface area (Å²) in [7, 11) is 0. The van der Waals surface area contributed by atoms with E-state index in [0.29, 0.717) is 121 Å². The first kappa shape index (κ1) is 95.4. The van der Waals surface area contributed by atoms with Crippen molar-refractivity contribution in [1.29, 1.82) is 43.3 Å². The minimum atomic E-state index is 0.0258. The predicted octanol–water partition coefficient (Wildman–Crippen LogP) is 17.9. The van der Waals surface area contributed by atoms with Crippen molar-refractivity contribution < 1.29 is 42.6 Å². The Labute approximate surface area is 743 Å². The Morgan fingerprint density at radius 2 is 0.394 bits per heavy atom. The highest BCUT2D eigenvalue weighted by Crippen LogP contribution is 2.28. The Kier molecular flexibility index (Phi) is 36.8. The lowest BCUT2D eigenvalue weighted by molar-refractivity contribution is 0.292. The molecule has 0 unspecified atom stereocenters. The van der Waals surface area contributed by atoms with Crippen molar-refractivity contribution >= 4 is 46.7 Å². The lowest BCUT2D eigenvalue weighted by atomic mass is 9.98. The van der Waals surface area contributed by atoms with Crippen LogP contribution in [0.5, 0.6) is 51.7 Å². The molecule has 658 valence electrons. The summed E-state index contributed by atoms with van der Waals surface area (Å²) in [6.07, 6.45) is 7.21. The van der Waals surface area contributed by atoms with Crippen LogP contribution in [0.25, 0.3) is 0 Å². The number of benzene rings is 12. The zero-order valence-electron chi connectivity index (χ0n) is 72.6. The first-order valence-electron chi connectivity index (χ1n) is 41.8. The van der Waals surface area contributed by atoms with E-state index in [2.05, 4.69) is 89.2 Å². The van der Waals surface area contributed by atoms with Crippen molar-refractivity contribution in [3.8, 4) is 51.7 Å². The van der Waals surface area contributed by atoms with Gasteiger partial charge < -0.3 is 88.5 Å². The van der Waals surface area contributed by atoms with E-state index < -0.39 is 0 Å². The van der Waals surface area contributed by atoms with Crippen LogP contribution in [0, 0.1) is 49.2 Å². The molecule has 0 saturated heterocycles. The van der Waals surface area contributed by atoms with Gasteiger partial charge in [0.15, 0.2) is 0 Å². The number of rotatable bonds is 42. The van der Waals surface area contributed by atoms with Crippen molar-refractivity contribution in [3.05, 3.63) is 373 Å². The number of hydrogen-bond acceptors (Lipinski definition) is 17. The van der Waals surface area contributed by atoms with Gasteiger partial charge in [-0.15, -0.1) is 0 Å². The standard InChI is InChI=1S/2C26H30N4O2.C25H28N4O3.C25H28N4O2/c1-17(2)11-18-12-19(15-31-23-7-3-21(4-8-23)25(27)28)14-20(13-18)16-32-24-9-5-22(6-10-24)26(29)30;1-2-3-4-18-13-19(16-31-23-9-5-21(6-10-23)25(27)28)15-20(14-18)17-32-24-11-7-22(8-12-24)26(29)30;1-2-11-30-23-13-17(15-31-21-7-3-19(4-8-21)24(26)27)12-18(14-23)16-32-22-9-5-20(6-10-22)25(28)29;1-2-3-17-12-18(15-30-22-8-4-20(5-9-22)24(26)27)14-19(13-17)16-31-23-10-6-21(7-11-23)25(28)29/h3-10,12-14,17H,11,15-16H2,1-2H3,(H3,27,28)(H3,29,30);5-15H,2-4,16-17H2,1H3,(H3,27,28)(H3,29,30);3-10,12-14H,2,11,15-16H2,1H3,(H3,26,27)(H3,28,29);4-14H,2-3,15-16H2,1H3,(H3,26,27)(H3,28,29). The quantitative estimate of drug-likeness (QED) is 0.0125. The second-order valence-corrected chi connectivity index (χ2v) is 30.6. The van der Waals surface area contributed by atoms with Crippen molar-refractivity contribution in [3.63, 3.8) is 0 Å². The molecule has 0 radical (unpaired) electrons. The van der Waals surface area contributed by atoms with E-state index in [9.17, 15) is 0 Å². The first-order valence-corrected chi connectivity index (χ1v) is 41.8. The van der Waals surface area contributed by atoms with E-state index in [0.717, 1.165) is 130 Å². The largest absolute Gasteiger partial charge is 0.494 e. The van der Waals surface area contributed by atoms with Gasteiger partial charge in [0, 0.05) is 44.5 Å². The van der Waals surface area contributed by atoms with E-state index in [1.165, 1.54) is 16.7 Å². The van der Waals surface area contributed by atoms with Gasteiger partial charge >= 0.3 is 0 Å². The van der Waals surface area contributed by atoms with Crippen LogP contribution in [0.15, 0.2) is 267 Å². The van der Waals surface area contributed by atoms with Crippen LogP contribution in [-0.4, -0.2) is 53.3 Å². The van der Waals surface area contributed by atoms with Gasteiger partial charge in [-0.05, 0) is 330 Å². The van der Waals surface area contributed by atoms with E-state index in [1.54, 1.807) is 121 Å². The summed E-state index contributed by atoms with van der Waals surface area (Å²) >= 11 is 0. The molecule has 0 fully saturated rings. The number of nitrogen functional groups attached to an aromatic ring is 8. The molecule has 0 aliphatic rings. The smallest absolute Gasteiger partial charge is 0.122 e. The normalized spacial score (nSPS) is 10.5. The molecule has 0 aliphatic carbocycles. The zero-order chi connectivity index (χ0) is 91.2. The zero-order valence-corrected chi connectivity index (χ0v) is 72.6. The van der Waals surface area contributed by atoms with Gasteiger partial charge in [0.1, 0.15) is 151 Å². The van der Waals surface area contributed by atoms with Crippen LogP contribution in [-0.2, 0) is 72.1 Å². The highest BCUT2D eigenvalue weighted by atomic mass is 16.5. The maximum Gasteiger partial charge on any atom is 0.122 e. The molecular weight excluding hydrogens is 1590 g/mol. The minimum absolute atomic E-state index is 0.0258. The van der Waals surface area contributed by atoms with Crippen LogP contribution in [0.4, 0.5) is 0 Å². The molecule has 0 aliphatic heterocycles. The van der Waals surface area contributed by atoms with Crippen LogP contribution in [0.1, 0.15) is 166 Å². The Bertz CT molecular complexity index is 5140. The van der Waals surface area contributed by atoms with Crippen LogP contribution in [0.3, 0.4) is 0 Å². The summed E-state index contributed by atoms with van der Waals surface area (Å²) in [6, 6.07) is 82.8. The molecule has 0 heterocycles. The molecule has 0 bridgehead atoms. The van der Waals surface area contributed by atoms with Crippen molar-refractivity contribution in [2.75, 3.05) is 6.61 Å². The van der Waals surface area contributed by atoms with Crippen LogP contribution < -0.4 is 88.5 Å². The minimum Gasteiger partial charge on any atom is -0.494 e. The number of nitrogens with two attached hydrogens (primary N) is 8. The Morgan fingerprint density at radius 1 is 0.213 bits per heavy atom. The Morgan fingerprint density at radius 3 is 0.567 bits per heavy atom. The number of amidine groups is 8. The molecule has 0 spiro atoms. The SMILES string of the molecule is CC(C)Cc1cc(COc2ccc(C(=N)N)cc2)cc(COc2ccc(C(=N)N)cc2)c1.CCCCc1cc(COc2ccc(C(=N)N)cc2)cc(COc2ccc(C(=N)N)cc2)c1.CCCOc1cc(COc2ccc(C(=N)N)cc2)cc(COc2ccc(C(=N)N)cc2)c1.CCCc1cc(COc2ccc(C(=N)N)cc2)cc(COc2ccc(C(=N)N)cc2)c1. The maximum absolute atomic E-state index is 7.49. The summed E-state index contributed by atoms with van der Waals surface area (Å²) < 4.78 is 53.3. The van der Waals surface area contributed by atoms with Crippen LogP contribution in [0.2, 0.25) is 0 Å².